The van der Waals surface area contributed by atoms with Gasteiger partial charge in [-0.25, -0.2) is 13.6 Å². The van der Waals surface area contributed by atoms with Crippen LogP contribution in [-0.4, -0.2) is 60.1 Å². The summed E-state index contributed by atoms with van der Waals surface area (Å²) in [5.74, 6) is -4.62. The van der Waals surface area contributed by atoms with E-state index in [1.165, 1.54) is 0 Å². The third-order valence-electron chi connectivity index (χ3n) is 3.93. The molecule has 0 bridgehead atoms. The summed E-state index contributed by atoms with van der Waals surface area (Å²) in [5.41, 5.74) is -2.20. The number of rotatable bonds is 4. The minimum atomic E-state index is -2.11. The lowest BCUT2D eigenvalue weighted by Crippen LogP contribution is -2.60. The van der Waals surface area contributed by atoms with Crippen LogP contribution < -0.4 is 4.90 Å². The van der Waals surface area contributed by atoms with Crippen molar-refractivity contribution in [1.29, 1.82) is 0 Å². The number of nitrogens with zero attached hydrogens (tertiary/aromatic N) is 2. The van der Waals surface area contributed by atoms with Gasteiger partial charge in [-0.15, -0.1) is 0 Å². The van der Waals surface area contributed by atoms with Gasteiger partial charge in [0.05, 0.1) is 5.69 Å². The molecule has 1 aromatic carbocycles. The van der Waals surface area contributed by atoms with E-state index in [4.69, 9.17) is 9.84 Å². The molecule has 1 N–H and O–H groups in total. The summed E-state index contributed by atoms with van der Waals surface area (Å²) >= 11 is 0. The SMILES string of the molecule is COC(C)(C(=O)O)C(=O)N1CCN(c2ccc(F)cc2F)C(=O)C1. The molecule has 0 spiro atoms. The predicted molar refractivity (Wildman–Crippen MR) is 78.3 cm³/mol. The number of benzene rings is 1. The van der Waals surface area contributed by atoms with E-state index in [9.17, 15) is 23.2 Å². The normalized spacial score (nSPS) is 17.6. The van der Waals surface area contributed by atoms with Crippen LogP contribution in [0, 0.1) is 11.6 Å². The number of methoxy groups -OCH3 is 1. The van der Waals surface area contributed by atoms with Crippen molar-refractivity contribution in [2.24, 2.45) is 0 Å². The van der Waals surface area contributed by atoms with Crippen LogP contribution in [0.4, 0.5) is 14.5 Å². The molecule has 1 fully saturated rings. The summed E-state index contributed by atoms with van der Waals surface area (Å²) in [6.45, 7) is 0.607. The maximum Gasteiger partial charge on any atom is 0.345 e. The molecule has 0 radical (unpaired) electrons. The summed E-state index contributed by atoms with van der Waals surface area (Å²) in [7, 11) is 1.08. The number of ether oxygens (including phenoxy) is 1. The molecule has 7 nitrogen and oxygen atoms in total. The van der Waals surface area contributed by atoms with Gasteiger partial charge in [0.15, 0.2) is 0 Å². The molecule has 130 valence electrons. The first kappa shape index (κ1) is 17.8. The summed E-state index contributed by atoms with van der Waals surface area (Å²) in [4.78, 5) is 37.9. The second-order valence-corrected chi connectivity index (χ2v) is 5.41. The number of amides is 2. The van der Waals surface area contributed by atoms with E-state index in [1.54, 1.807) is 0 Å². The fourth-order valence-electron chi connectivity index (χ4n) is 2.37. The van der Waals surface area contributed by atoms with Crippen LogP contribution in [0.25, 0.3) is 0 Å². The molecule has 1 atom stereocenters. The zero-order valence-electron chi connectivity index (χ0n) is 13.1. The van der Waals surface area contributed by atoms with Crippen LogP contribution in [0.15, 0.2) is 18.2 Å². The van der Waals surface area contributed by atoms with Crippen molar-refractivity contribution in [2.45, 2.75) is 12.5 Å². The number of halogens is 2. The largest absolute Gasteiger partial charge is 0.479 e. The van der Waals surface area contributed by atoms with Gasteiger partial charge < -0.3 is 19.6 Å². The minimum absolute atomic E-state index is 0.00633. The number of carbonyl (C=O) groups excluding carboxylic acids is 2. The van der Waals surface area contributed by atoms with Crippen molar-refractivity contribution in [3.05, 3.63) is 29.8 Å². The average molecular weight is 342 g/mol. The van der Waals surface area contributed by atoms with Crippen molar-refractivity contribution in [3.63, 3.8) is 0 Å². The molecule has 0 aromatic heterocycles. The van der Waals surface area contributed by atoms with Crippen molar-refractivity contribution < 1.29 is 33.0 Å². The van der Waals surface area contributed by atoms with Gasteiger partial charge in [0.2, 0.25) is 11.5 Å². The van der Waals surface area contributed by atoms with E-state index in [1.807, 2.05) is 0 Å². The zero-order chi connectivity index (χ0) is 18.1. The summed E-state index contributed by atoms with van der Waals surface area (Å²) in [5, 5.41) is 9.14. The molecule has 1 heterocycles. The standard InChI is InChI=1S/C15H16F2N2O5/c1-15(24-2,14(22)23)13(21)18-5-6-19(12(20)8-18)11-4-3-9(16)7-10(11)17/h3-4,7H,5-6,8H2,1-2H3,(H,22,23). The van der Waals surface area contributed by atoms with Gasteiger partial charge in [0.25, 0.3) is 5.91 Å². The van der Waals surface area contributed by atoms with E-state index in [0.29, 0.717) is 6.07 Å². The van der Waals surface area contributed by atoms with E-state index >= 15 is 0 Å². The number of carbonyl (C=O) groups is 3. The Hall–Kier alpha value is -2.55. The van der Waals surface area contributed by atoms with E-state index in [-0.39, 0.29) is 18.8 Å². The molecule has 1 saturated heterocycles. The molecule has 1 aliphatic heterocycles. The highest BCUT2D eigenvalue weighted by molar-refractivity contribution is 6.07. The Labute approximate surface area is 136 Å². The Bertz CT molecular complexity index is 696. The summed E-state index contributed by atoms with van der Waals surface area (Å²) in [6.07, 6.45) is 0. The molecular formula is C15H16F2N2O5. The lowest BCUT2D eigenvalue weighted by atomic mass is 10.0. The molecule has 1 aliphatic rings. The lowest BCUT2D eigenvalue weighted by Gasteiger charge is -2.37. The predicted octanol–water partition coefficient (Wildman–Crippen LogP) is 0.630. The molecule has 24 heavy (non-hydrogen) atoms. The van der Waals surface area contributed by atoms with Crippen molar-refractivity contribution in [2.75, 3.05) is 31.6 Å². The van der Waals surface area contributed by atoms with Gasteiger partial charge in [-0.05, 0) is 19.1 Å². The molecule has 1 aromatic rings. The topological polar surface area (TPSA) is 87.2 Å². The van der Waals surface area contributed by atoms with E-state index < -0.39 is 41.6 Å². The van der Waals surface area contributed by atoms with E-state index in [0.717, 1.165) is 36.0 Å². The Morgan fingerprint density at radius 1 is 1.29 bits per heavy atom. The highest BCUT2D eigenvalue weighted by Crippen LogP contribution is 2.23. The van der Waals surface area contributed by atoms with Crippen molar-refractivity contribution in [1.82, 2.24) is 4.90 Å². The number of aliphatic carboxylic acids is 1. The minimum Gasteiger partial charge on any atom is -0.479 e. The molecule has 1 unspecified atom stereocenters. The van der Waals surface area contributed by atoms with Gasteiger partial charge in [0, 0.05) is 26.3 Å². The zero-order valence-corrected chi connectivity index (χ0v) is 13.1. The van der Waals surface area contributed by atoms with Crippen LogP contribution in [0.2, 0.25) is 0 Å². The lowest BCUT2D eigenvalue weighted by molar-refractivity contribution is -0.174. The molecule has 0 aliphatic carbocycles. The van der Waals surface area contributed by atoms with Gasteiger partial charge >= 0.3 is 5.97 Å². The third kappa shape index (κ3) is 3.07. The van der Waals surface area contributed by atoms with Crippen LogP contribution in [0.3, 0.4) is 0 Å². The Balaban J connectivity index is 2.17. The Morgan fingerprint density at radius 3 is 2.46 bits per heavy atom. The Kier molecular flexibility index (Phi) is 4.83. The van der Waals surface area contributed by atoms with Gasteiger partial charge in [-0.3, -0.25) is 9.59 Å². The smallest absolute Gasteiger partial charge is 0.345 e. The van der Waals surface area contributed by atoms with Gasteiger partial charge in [-0.2, -0.15) is 0 Å². The number of anilines is 1. The average Bonchev–Trinajstić information content (AvgIpc) is 2.53. The number of carboxylic acids is 1. The highest BCUT2D eigenvalue weighted by Gasteiger charge is 2.46. The molecule has 2 rings (SSSR count). The quantitative estimate of drug-likeness (QED) is 0.811. The fraction of sp³-hybridized carbons (Fsp3) is 0.400. The van der Waals surface area contributed by atoms with Crippen molar-refractivity contribution in [3.8, 4) is 0 Å². The second kappa shape index (κ2) is 6.52. The number of carboxylic acid groups (broad SMARTS) is 1. The second-order valence-electron chi connectivity index (χ2n) is 5.41. The first-order chi connectivity index (χ1) is 11.2. The van der Waals surface area contributed by atoms with E-state index in [2.05, 4.69) is 0 Å². The highest BCUT2D eigenvalue weighted by atomic mass is 19.1. The Morgan fingerprint density at radius 2 is 1.96 bits per heavy atom. The fourth-order valence-corrected chi connectivity index (χ4v) is 2.37. The van der Waals surface area contributed by atoms with Crippen LogP contribution in [0.1, 0.15) is 6.92 Å². The number of hydrogen-bond acceptors (Lipinski definition) is 4. The molecule has 0 saturated carbocycles. The van der Waals surface area contributed by atoms with Crippen LogP contribution >= 0.6 is 0 Å². The third-order valence-corrected chi connectivity index (χ3v) is 3.93. The van der Waals surface area contributed by atoms with Gasteiger partial charge in [0.1, 0.15) is 18.2 Å². The summed E-state index contributed by atoms with van der Waals surface area (Å²) in [6, 6.07) is 2.82. The number of hydrogen-bond donors (Lipinski definition) is 1. The number of piperazine rings is 1. The first-order valence-corrected chi connectivity index (χ1v) is 7.04. The molecule has 2 amide bonds. The van der Waals surface area contributed by atoms with Crippen LogP contribution in [0.5, 0.6) is 0 Å². The molecule has 9 heteroatoms. The van der Waals surface area contributed by atoms with Crippen LogP contribution in [-0.2, 0) is 19.1 Å². The van der Waals surface area contributed by atoms with Gasteiger partial charge in [-0.1, -0.05) is 0 Å². The maximum absolute atomic E-state index is 13.8. The maximum atomic E-state index is 13.8. The van der Waals surface area contributed by atoms with Crippen molar-refractivity contribution >= 4 is 23.5 Å². The molecular weight excluding hydrogens is 326 g/mol. The monoisotopic (exact) mass is 342 g/mol. The first-order valence-electron chi connectivity index (χ1n) is 7.04. The summed E-state index contributed by atoms with van der Waals surface area (Å²) < 4.78 is 31.5.